The van der Waals surface area contributed by atoms with E-state index in [0.29, 0.717) is 0 Å². The third-order valence-corrected chi connectivity index (χ3v) is 4.52. The fraction of sp³-hybridized carbons (Fsp3) is 0.400. The van der Waals surface area contributed by atoms with Gasteiger partial charge in [0, 0.05) is 19.6 Å². The average molecular weight is 279 g/mol. The highest BCUT2D eigenvalue weighted by Crippen LogP contribution is 2.23. The SMILES string of the molecule is CCCc1cccc2c1CCN(CCc1ccccc1)C2. The van der Waals surface area contributed by atoms with Gasteiger partial charge in [-0.2, -0.15) is 0 Å². The fourth-order valence-corrected chi connectivity index (χ4v) is 3.37. The van der Waals surface area contributed by atoms with Gasteiger partial charge in [0.15, 0.2) is 0 Å². The van der Waals surface area contributed by atoms with Gasteiger partial charge in [0.25, 0.3) is 0 Å². The minimum absolute atomic E-state index is 1.12. The predicted molar refractivity (Wildman–Crippen MR) is 89.6 cm³/mol. The Hall–Kier alpha value is -1.60. The van der Waals surface area contributed by atoms with E-state index in [0.717, 1.165) is 13.0 Å². The van der Waals surface area contributed by atoms with E-state index >= 15 is 0 Å². The van der Waals surface area contributed by atoms with Crippen LogP contribution in [0.4, 0.5) is 0 Å². The molecule has 0 aromatic heterocycles. The van der Waals surface area contributed by atoms with Crippen LogP contribution in [0.2, 0.25) is 0 Å². The van der Waals surface area contributed by atoms with Crippen LogP contribution in [0.1, 0.15) is 35.6 Å². The van der Waals surface area contributed by atoms with Gasteiger partial charge in [-0.25, -0.2) is 0 Å². The second-order valence-corrected chi connectivity index (χ2v) is 6.07. The highest BCUT2D eigenvalue weighted by molar-refractivity contribution is 5.37. The number of hydrogen-bond donors (Lipinski definition) is 0. The lowest BCUT2D eigenvalue weighted by Gasteiger charge is -2.30. The predicted octanol–water partition coefficient (Wildman–Crippen LogP) is 4.24. The first kappa shape index (κ1) is 14.3. The van der Waals surface area contributed by atoms with Gasteiger partial charge in [0.1, 0.15) is 0 Å². The monoisotopic (exact) mass is 279 g/mol. The second-order valence-electron chi connectivity index (χ2n) is 6.07. The third-order valence-electron chi connectivity index (χ3n) is 4.52. The van der Waals surface area contributed by atoms with Crippen molar-refractivity contribution in [2.24, 2.45) is 0 Å². The van der Waals surface area contributed by atoms with Crippen molar-refractivity contribution in [3.05, 3.63) is 70.8 Å². The highest BCUT2D eigenvalue weighted by Gasteiger charge is 2.17. The standard InChI is InChI=1S/C20H25N/c1-2-7-18-10-6-11-19-16-21(15-13-20(18)19)14-12-17-8-4-3-5-9-17/h3-6,8-11H,2,7,12-16H2,1H3. The minimum Gasteiger partial charge on any atom is -0.298 e. The maximum absolute atomic E-state index is 2.60. The van der Waals surface area contributed by atoms with Crippen molar-refractivity contribution in [3.63, 3.8) is 0 Å². The zero-order valence-corrected chi connectivity index (χ0v) is 13.0. The Morgan fingerprint density at radius 3 is 2.62 bits per heavy atom. The summed E-state index contributed by atoms with van der Waals surface area (Å²) in [7, 11) is 0. The quantitative estimate of drug-likeness (QED) is 0.791. The van der Waals surface area contributed by atoms with Crippen LogP contribution >= 0.6 is 0 Å². The van der Waals surface area contributed by atoms with Crippen LogP contribution in [0.5, 0.6) is 0 Å². The van der Waals surface area contributed by atoms with Gasteiger partial charge in [-0.15, -0.1) is 0 Å². The molecule has 3 rings (SSSR count). The van der Waals surface area contributed by atoms with E-state index in [1.54, 1.807) is 16.7 Å². The number of hydrogen-bond acceptors (Lipinski definition) is 1. The van der Waals surface area contributed by atoms with Crippen LogP contribution in [0.25, 0.3) is 0 Å². The zero-order chi connectivity index (χ0) is 14.5. The molecule has 0 spiro atoms. The molecule has 110 valence electrons. The smallest absolute Gasteiger partial charge is 0.0236 e. The van der Waals surface area contributed by atoms with Crippen LogP contribution in [0.3, 0.4) is 0 Å². The van der Waals surface area contributed by atoms with Crippen molar-refractivity contribution in [2.45, 2.75) is 39.2 Å². The van der Waals surface area contributed by atoms with E-state index in [1.807, 2.05) is 0 Å². The molecule has 0 radical (unpaired) electrons. The van der Waals surface area contributed by atoms with Crippen LogP contribution < -0.4 is 0 Å². The Morgan fingerprint density at radius 1 is 0.952 bits per heavy atom. The van der Waals surface area contributed by atoms with Gasteiger partial charge in [0.2, 0.25) is 0 Å². The van der Waals surface area contributed by atoms with Crippen molar-refractivity contribution in [1.82, 2.24) is 4.90 Å². The average Bonchev–Trinajstić information content (AvgIpc) is 2.54. The van der Waals surface area contributed by atoms with E-state index in [9.17, 15) is 0 Å². The summed E-state index contributed by atoms with van der Waals surface area (Å²) in [6.07, 6.45) is 4.85. The van der Waals surface area contributed by atoms with Gasteiger partial charge in [-0.05, 0) is 41.5 Å². The van der Waals surface area contributed by atoms with E-state index in [-0.39, 0.29) is 0 Å². The molecule has 1 nitrogen and oxygen atoms in total. The van der Waals surface area contributed by atoms with E-state index in [2.05, 4.69) is 60.4 Å². The summed E-state index contributed by atoms with van der Waals surface area (Å²) in [6, 6.07) is 17.7. The number of aryl methyl sites for hydroxylation is 1. The van der Waals surface area contributed by atoms with Crippen molar-refractivity contribution >= 4 is 0 Å². The number of nitrogens with zero attached hydrogens (tertiary/aromatic N) is 1. The molecule has 1 heterocycles. The summed E-state index contributed by atoms with van der Waals surface area (Å²) in [5.41, 5.74) is 6.22. The van der Waals surface area contributed by atoms with Crippen LogP contribution in [0, 0.1) is 0 Å². The Labute approximate surface area is 128 Å². The summed E-state index contributed by atoms with van der Waals surface area (Å²) in [6.45, 7) is 5.77. The molecule has 0 saturated heterocycles. The Morgan fingerprint density at radius 2 is 1.81 bits per heavy atom. The van der Waals surface area contributed by atoms with Crippen molar-refractivity contribution in [1.29, 1.82) is 0 Å². The first-order chi connectivity index (χ1) is 10.4. The molecule has 21 heavy (non-hydrogen) atoms. The molecule has 1 aliphatic rings. The van der Waals surface area contributed by atoms with Crippen LogP contribution in [-0.2, 0) is 25.8 Å². The largest absolute Gasteiger partial charge is 0.298 e. The lowest BCUT2D eigenvalue weighted by Crippen LogP contribution is -2.32. The Balaban J connectivity index is 1.63. The second kappa shape index (κ2) is 6.91. The molecule has 0 unspecified atom stereocenters. The topological polar surface area (TPSA) is 3.24 Å². The molecule has 1 aliphatic heterocycles. The molecular formula is C20H25N. The molecule has 0 atom stereocenters. The van der Waals surface area contributed by atoms with Crippen molar-refractivity contribution in [2.75, 3.05) is 13.1 Å². The number of benzene rings is 2. The highest BCUT2D eigenvalue weighted by atomic mass is 15.1. The van der Waals surface area contributed by atoms with Gasteiger partial charge in [-0.3, -0.25) is 4.90 Å². The molecule has 0 aliphatic carbocycles. The molecule has 2 aromatic carbocycles. The summed E-state index contributed by atoms with van der Waals surface area (Å²) in [5, 5.41) is 0. The van der Waals surface area contributed by atoms with Gasteiger partial charge in [-0.1, -0.05) is 61.9 Å². The fourth-order valence-electron chi connectivity index (χ4n) is 3.37. The summed E-state index contributed by atoms with van der Waals surface area (Å²) in [5.74, 6) is 0. The Kier molecular flexibility index (Phi) is 4.72. The van der Waals surface area contributed by atoms with Crippen molar-refractivity contribution < 1.29 is 0 Å². The number of rotatable bonds is 5. The van der Waals surface area contributed by atoms with Crippen LogP contribution in [0.15, 0.2) is 48.5 Å². The normalized spacial score (nSPS) is 14.9. The van der Waals surface area contributed by atoms with E-state index in [4.69, 9.17) is 0 Å². The third kappa shape index (κ3) is 3.54. The summed E-state index contributed by atoms with van der Waals surface area (Å²) in [4.78, 5) is 2.60. The molecule has 0 saturated carbocycles. The van der Waals surface area contributed by atoms with E-state index < -0.39 is 0 Å². The first-order valence-electron chi connectivity index (χ1n) is 8.22. The first-order valence-corrected chi connectivity index (χ1v) is 8.22. The maximum Gasteiger partial charge on any atom is 0.0236 e. The van der Waals surface area contributed by atoms with Gasteiger partial charge >= 0.3 is 0 Å². The molecule has 0 fully saturated rings. The molecular weight excluding hydrogens is 254 g/mol. The lowest BCUT2D eigenvalue weighted by atomic mass is 9.92. The van der Waals surface area contributed by atoms with E-state index in [1.165, 1.54) is 37.9 Å². The van der Waals surface area contributed by atoms with Gasteiger partial charge < -0.3 is 0 Å². The molecule has 0 amide bonds. The molecule has 0 N–H and O–H groups in total. The van der Waals surface area contributed by atoms with Crippen molar-refractivity contribution in [3.8, 4) is 0 Å². The minimum atomic E-state index is 1.12. The maximum atomic E-state index is 2.60. The zero-order valence-electron chi connectivity index (χ0n) is 13.0. The Bertz CT molecular complexity index is 574. The molecule has 1 heteroatoms. The summed E-state index contributed by atoms with van der Waals surface area (Å²) >= 11 is 0. The lowest BCUT2D eigenvalue weighted by molar-refractivity contribution is 0.257. The number of fused-ring (bicyclic) bond motifs is 1. The van der Waals surface area contributed by atoms with Gasteiger partial charge in [0.05, 0.1) is 0 Å². The molecule has 2 aromatic rings. The molecule has 0 bridgehead atoms. The van der Waals surface area contributed by atoms with Crippen LogP contribution in [-0.4, -0.2) is 18.0 Å². The summed E-state index contributed by atoms with van der Waals surface area (Å²) < 4.78 is 0.